The minimum absolute atomic E-state index is 0.112. The first-order chi connectivity index (χ1) is 19.2. The van der Waals surface area contributed by atoms with Gasteiger partial charge in [-0.2, -0.15) is 0 Å². The minimum atomic E-state index is -0.692. The molecule has 1 fully saturated rings. The number of amides is 2. The Bertz CT molecular complexity index is 1280. The van der Waals surface area contributed by atoms with Crippen LogP contribution >= 0.6 is 23.4 Å². The molecule has 10 heteroatoms. The zero-order valence-electron chi connectivity index (χ0n) is 23.4. The number of thioether (sulfide) groups is 1. The molecule has 1 aliphatic rings. The molecule has 0 bridgehead atoms. The summed E-state index contributed by atoms with van der Waals surface area (Å²) in [4.78, 5) is 40.2. The summed E-state index contributed by atoms with van der Waals surface area (Å²) >= 11 is 7.38. The topological polar surface area (TPSA) is 87.7 Å². The predicted octanol–water partition coefficient (Wildman–Crippen LogP) is 5.37. The third-order valence-electron chi connectivity index (χ3n) is 6.62. The normalized spacial score (nSPS) is 14.2. The number of aromatic nitrogens is 2. The zero-order valence-corrected chi connectivity index (χ0v) is 25.0. The molecule has 0 radical (unpaired) electrons. The first-order valence-electron chi connectivity index (χ1n) is 13.4. The molecular weight excluding hydrogens is 546 g/mol. The number of morpholine rings is 1. The molecule has 2 aromatic carbocycles. The summed E-state index contributed by atoms with van der Waals surface area (Å²) in [5.74, 6) is -0.420. The predicted molar refractivity (Wildman–Crippen MR) is 161 cm³/mol. The van der Waals surface area contributed by atoms with Crippen molar-refractivity contribution in [1.82, 2.24) is 14.9 Å². The maximum absolute atomic E-state index is 13.7. The Balaban J connectivity index is 1.52. The van der Waals surface area contributed by atoms with Crippen molar-refractivity contribution < 1.29 is 14.3 Å². The third kappa shape index (κ3) is 8.19. The Morgan fingerprint density at radius 3 is 2.25 bits per heavy atom. The van der Waals surface area contributed by atoms with Crippen LogP contribution in [0.1, 0.15) is 30.8 Å². The van der Waals surface area contributed by atoms with Crippen LogP contribution in [0, 0.1) is 19.8 Å². The van der Waals surface area contributed by atoms with E-state index in [4.69, 9.17) is 16.3 Å². The molecule has 2 amide bonds. The number of anilines is 2. The molecule has 1 N–H and O–H groups in total. The quantitative estimate of drug-likeness (QED) is 0.254. The number of rotatable bonds is 10. The van der Waals surface area contributed by atoms with Crippen LogP contribution in [0.2, 0.25) is 5.02 Å². The van der Waals surface area contributed by atoms with E-state index in [9.17, 15) is 9.59 Å². The van der Waals surface area contributed by atoms with E-state index in [0.717, 1.165) is 35.7 Å². The van der Waals surface area contributed by atoms with Crippen molar-refractivity contribution >= 4 is 46.6 Å². The average Bonchev–Trinajstić information content (AvgIpc) is 2.92. The van der Waals surface area contributed by atoms with E-state index in [1.165, 1.54) is 11.8 Å². The van der Waals surface area contributed by atoms with Crippen LogP contribution in [0.15, 0.2) is 59.8 Å². The van der Waals surface area contributed by atoms with E-state index >= 15 is 0 Å². The molecule has 2 heterocycles. The van der Waals surface area contributed by atoms with Crippen molar-refractivity contribution in [2.45, 2.75) is 45.4 Å². The van der Waals surface area contributed by atoms with Crippen LogP contribution in [0.3, 0.4) is 0 Å². The Labute approximate surface area is 245 Å². The van der Waals surface area contributed by atoms with Crippen LogP contribution in [0.25, 0.3) is 0 Å². The Morgan fingerprint density at radius 2 is 1.65 bits per heavy atom. The lowest BCUT2D eigenvalue weighted by atomic mass is 10.00. The second-order valence-electron chi connectivity index (χ2n) is 10.2. The highest BCUT2D eigenvalue weighted by molar-refractivity contribution is 7.99. The number of hydrogen-bond donors (Lipinski definition) is 1. The molecule has 212 valence electrons. The van der Waals surface area contributed by atoms with Gasteiger partial charge < -0.3 is 19.9 Å². The van der Waals surface area contributed by atoms with Gasteiger partial charge in [0.15, 0.2) is 5.16 Å². The SMILES string of the molecule is Cc1cc(C)nc(SCC(=O)N(Cc2ccc(Cl)cc2)C(C(=O)Nc2ccc(N3CCOCC3)cc2)C(C)C)n1. The monoisotopic (exact) mass is 581 g/mol. The smallest absolute Gasteiger partial charge is 0.247 e. The van der Waals surface area contributed by atoms with E-state index in [1.807, 2.05) is 70.2 Å². The fourth-order valence-corrected chi connectivity index (χ4v) is 5.65. The molecule has 1 unspecified atom stereocenters. The highest BCUT2D eigenvalue weighted by Crippen LogP contribution is 2.24. The Hall–Kier alpha value is -3.14. The van der Waals surface area contributed by atoms with Gasteiger partial charge >= 0.3 is 0 Å². The summed E-state index contributed by atoms with van der Waals surface area (Å²) < 4.78 is 5.44. The fraction of sp³-hybridized carbons (Fsp3) is 0.400. The second kappa shape index (κ2) is 14.0. The first kappa shape index (κ1) is 29.8. The molecule has 1 saturated heterocycles. The third-order valence-corrected chi connectivity index (χ3v) is 7.70. The Kier molecular flexibility index (Phi) is 10.4. The molecular formula is C30H36ClN5O3S. The lowest BCUT2D eigenvalue weighted by molar-refractivity contribution is -0.138. The van der Waals surface area contributed by atoms with Gasteiger partial charge in [0.2, 0.25) is 11.8 Å². The number of halogens is 1. The molecule has 3 aromatic rings. The van der Waals surface area contributed by atoms with Crippen molar-refractivity contribution in [2.75, 3.05) is 42.3 Å². The number of nitrogens with one attached hydrogen (secondary N) is 1. The highest BCUT2D eigenvalue weighted by atomic mass is 35.5. The fourth-order valence-electron chi connectivity index (χ4n) is 4.69. The number of aryl methyl sites for hydroxylation is 2. The number of carbonyl (C=O) groups is 2. The highest BCUT2D eigenvalue weighted by Gasteiger charge is 2.33. The first-order valence-corrected chi connectivity index (χ1v) is 14.8. The van der Waals surface area contributed by atoms with Crippen molar-refractivity contribution in [1.29, 1.82) is 0 Å². The Morgan fingerprint density at radius 1 is 1.02 bits per heavy atom. The summed E-state index contributed by atoms with van der Waals surface area (Å²) in [5, 5.41) is 4.20. The number of hydrogen-bond acceptors (Lipinski definition) is 7. The lowest BCUT2D eigenvalue weighted by Gasteiger charge is -2.34. The van der Waals surface area contributed by atoms with Crippen molar-refractivity contribution in [2.24, 2.45) is 5.92 Å². The standard InChI is InChI=1S/C30H36ClN5O3S/c1-20(2)28(29(38)34-25-9-11-26(12-10-25)35-13-15-39-16-14-35)36(18-23-5-7-24(31)8-6-23)27(37)19-40-30-32-21(3)17-22(4)33-30/h5-12,17,20,28H,13-16,18-19H2,1-4H3,(H,34,38). The molecule has 40 heavy (non-hydrogen) atoms. The maximum Gasteiger partial charge on any atom is 0.247 e. The van der Waals surface area contributed by atoms with Gasteiger partial charge in [0, 0.05) is 47.4 Å². The van der Waals surface area contributed by atoms with Gasteiger partial charge in [0.25, 0.3) is 0 Å². The minimum Gasteiger partial charge on any atom is -0.378 e. The van der Waals surface area contributed by atoms with Crippen LogP contribution < -0.4 is 10.2 Å². The molecule has 0 aliphatic carbocycles. The van der Waals surface area contributed by atoms with E-state index in [-0.39, 0.29) is 30.0 Å². The van der Waals surface area contributed by atoms with Gasteiger partial charge in [0.05, 0.1) is 19.0 Å². The number of nitrogens with zero attached hydrogens (tertiary/aromatic N) is 4. The number of carbonyl (C=O) groups excluding carboxylic acids is 2. The molecule has 1 atom stereocenters. The van der Waals surface area contributed by atoms with Gasteiger partial charge in [-0.25, -0.2) is 9.97 Å². The largest absolute Gasteiger partial charge is 0.378 e. The van der Waals surface area contributed by atoms with Crippen molar-refractivity contribution in [3.05, 3.63) is 76.6 Å². The molecule has 0 spiro atoms. The molecule has 4 rings (SSSR count). The zero-order chi connectivity index (χ0) is 28.6. The molecule has 0 saturated carbocycles. The second-order valence-corrected chi connectivity index (χ2v) is 11.6. The molecule has 1 aliphatic heterocycles. The maximum atomic E-state index is 13.7. The summed E-state index contributed by atoms with van der Waals surface area (Å²) in [6.07, 6.45) is 0. The summed E-state index contributed by atoms with van der Waals surface area (Å²) in [6, 6.07) is 16.3. The van der Waals surface area contributed by atoms with Crippen molar-refractivity contribution in [3.63, 3.8) is 0 Å². The van der Waals surface area contributed by atoms with Gasteiger partial charge in [-0.05, 0) is 67.8 Å². The van der Waals surface area contributed by atoms with Crippen LogP contribution in [0.4, 0.5) is 11.4 Å². The van der Waals surface area contributed by atoms with E-state index in [0.29, 0.717) is 29.1 Å². The van der Waals surface area contributed by atoms with E-state index in [2.05, 4.69) is 20.2 Å². The van der Waals surface area contributed by atoms with Gasteiger partial charge in [-0.15, -0.1) is 0 Å². The van der Waals surface area contributed by atoms with Gasteiger partial charge in [0.1, 0.15) is 6.04 Å². The van der Waals surface area contributed by atoms with Gasteiger partial charge in [-0.3, -0.25) is 9.59 Å². The van der Waals surface area contributed by atoms with E-state index < -0.39 is 6.04 Å². The van der Waals surface area contributed by atoms with E-state index in [1.54, 1.807) is 17.0 Å². The summed E-state index contributed by atoms with van der Waals surface area (Å²) in [5.41, 5.74) is 4.36. The van der Waals surface area contributed by atoms with Crippen LogP contribution in [-0.4, -0.2) is 64.8 Å². The van der Waals surface area contributed by atoms with Gasteiger partial charge in [-0.1, -0.05) is 49.3 Å². The molecule has 8 nitrogen and oxygen atoms in total. The van der Waals surface area contributed by atoms with Crippen LogP contribution in [0.5, 0.6) is 0 Å². The van der Waals surface area contributed by atoms with Crippen molar-refractivity contribution in [3.8, 4) is 0 Å². The van der Waals surface area contributed by atoms with Crippen LogP contribution in [-0.2, 0) is 20.9 Å². The number of ether oxygens (including phenoxy) is 1. The molecule has 1 aromatic heterocycles. The lowest BCUT2D eigenvalue weighted by Crippen LogP contribution is -2.50. The number of benzene rings is 2. The average molecular weight is 582 g/mol. The summed E-state index contributed by atoms with van der Waals surface area (Å²) in [7, 11) is 0. The summed E-state index contributed by atoms with van der Waals surface area (Å²) in [6.45, 7) is 11.1.